The minimum atomic E-state index is -0.174. The number of halogens is 2. The van der Waals surface area contributed by atoms with Gasteiger partial charge in [0.05, 0.1) is 0 Å². The molecule has 0 aliphatic heterocycles. The summed E-state index contributed by atoms with van der Waals surface area (Å²) in [5.41, 5.74) is 14.3. The average Bonchev–Trinajstić information content (AvgIpc) is 2.40. The highest BCUT2D eigenvalue weighted by Gasteiger charge is 2.29. The van der Waals surface area contributed by atoms with Crippen LogP contribution in [0.15, 0.2) is 29.3 Å². The minimum absolute atomic E-state index is 0. The highest BCUT2D eigenvalue weighted by atomic mass is 35.5. The molecule has 120 valence electrons. The zero-order valence-corrected chi connectivity index (χ0v) is 14.1. The average molecular weight is 333 g/mol. The minimum Gasteiger partial charge on any atom is -0.370 e. The van der Waals surface area contributed by atoms with Crippen LogP contribution in [0, 0.1) is 0 Å². The second-order valence-corrected chi connectivity index (χ2v) is 5.28. The number of nitrogens with two attached hydrogens (primary N) is 2. The molecule has 1 fully saturated rings. The lowest BCUT2D eigenvalue weighted by Gasteiger charge is -2.34. The summed E-state index contributed by atoms with van der Waals surface area (Å²) >= 11 is 0. The lowest BCUT2D eigenvalue weighted by Crippen LogP contribution is -2.38. The van der Waals surface area contributed by atoms with Crippen molar-refractivity contribution in [3.05, 3.63) is 29.8 Å². The molecule has 0 spiro atoms. The SMILES string of the molecule is CCN=C(N)Nc1cccc(C2(N)CCCCC2)c1.Cl.Cl. The molecule has 1 saturated carbocycles. The van der Waals surface area contributed by atoms with Crippen molar-refractivity contribution in [2.45, 2.75) is 44.6 Å². The summed E-state index contributed by atoms with van der Waals surface area (Å²) in [4.78, 5) is 4.13. The van der Waals surface area contributed by atoms with Gasteiger partial charge in [-0.25, -0.2) is 0 Å². The van der Waals surface area contributed by atoms with Crippen molar-refractivity contribution >= 4 is 36.5 Å². The zero-order valence-electron chi connectivity index (χ0n) is 12.5. The van der Waals surface area contributed by atoms with Gasteiger partial charge in [-0.15, -0.1) is 24.8 Å². The monoisotopic (exact) mass is 332 g/mol. The van der Waals surface area contributed by atoms with Crippen molar-refractivity contribution in [1.29, 1.82) is 0 Å². The molecule has 1 aromatic carbocycles. The molecular weight excluding hydrogens is 307 g/mol. The molecule has 0 bridgehead atoms. The molecule has 1 aliphatic carbocycles. The highest BCUT2D eigenvalue weighted by Crippen LogP contribution is 2.35. The first kappa shape index (κ1) is 20.0. The molecule has 6 heteroatoms. The molecule has 0 unspecified atom stereocenters. The highest BCUT2D eigenvalue weighted by molar-refractivity contribution is 5.92. The van der Waals surface area contributed by atoms with Crippen LogP contribution in [0.2, 0.25) is 0 Å². The molecule has 0 atom stereocenters. The van der Waals surface area contributed by atoms with E-state index < -0.39 is 0 Å². The fourth-order valence-electron chi connectivity index (χ4n) is 2.74. The van der Waals surface area contributed by atoms with Crippen molar-refractivity contribution in [2.75, 3.05) is 11.9 Å². The number of guanidine groups is 1. The zero-order chi connectivity index (χ0) is 13.7. The number of benzene rings is 1. The number of hydrogen-bond acceptors (Lipinski definition) is 2. The summed E-state index contributed by atoms with van der Waals surface area (Å²) in [7, 11) is 0. The molecule has 4 nitrogen and oxygen atoms in total. The largest absolute Gasteiger partial charge is 0.370 e. The first-order valence-electron chi connectivity index (χ1n) is 7.10. The summed E-state index contributed by atoms with van der Waals surface area (Å²) < 4.78 is 0. The number of nitrogens with one attached hydrogen (secondary N) is 1. The fourth-order valence-corrected chi connectivity index (χ4v) is 2.74. The third-order valence-electron chi connectivity index (χ3n) is 3.78. The third-order valence-corrected chi connectivity index (χ3v) is 3.78. The van der Waals surface area contributed by atoms with Crippen LogP contribution in [0.1, 0.15) is 44.6 Å². The molecule has 0 saturated heterocycles. The maximum atomic E-state index is 6.55. The van der Waals surface area contributed by atoms with Gasteiger partial charge >= 0.3 is 0 Å². The van der Waals surface area contributed by atoms with Crippen LogP contribution >= 0.6 is 24.8 Å². The normalized spacial score (nSPS) is 17.3. The van der Waals surface area contributed by atoms with Crippen molar-refractivity contribution in [1.82, 2.24) is 0 Å². The van der Waals surface area contributed by atoms with E-state index in [0.29, 0.717) is 12.5 Å². The van der Waals surface area contributed by atoms with Crippen molar-refractivity contribution in [3.8, 4) is 0 Å². The Morgan fingerprint density at radius 3 is 2.52 bits per heavy atom. The molecular formula is C15H26Cl2N4. The molecule has 2 rings (SSSR count). The van der Waals surface area contributed by atoms with Gasteiger partial charge in [-0.1, -0.05) is 31.4 Å². The van der Waals surface area contributed by atoms with E-state index in [1.54, 1.807) is 0 Å². The molecule has 0 heterocycles. The van der Waals surface area contributed by atoms with Gasteiger partial charge < -0.3 is 16.8 Å². The first-order chi connectivity index (χ1) is 9.14. The smallest absolute Gasteiger partial charge is 0.193 e. The lowest BCUT2D eigenvalue weighted by molar-refractivity contribution is 0.302. The van der Waals surface area contributed by atoms with Gasteiger partial charge in [0, 0.05) is 17.8 Å². The molecule has 0 radical (unpaired) electrons. The quantitative estimate of drug-likeness (QED) is 0.586. The van der Waals surface area contributed by atoms with Crippen LogP contribution in [-0.4, -0.2) is 12.5 Å². The van der Waals surface area contributed by atoms with Gasteiger partial charge in [0.15, 0.2) is 5.96 Å². The Balaban J connectivity index is 0.00000200. The van der Waals surface area contributed by atoms with Gasteiger partial charge in [-0.3, -0.25) is 4.99 Å². The number of nitrogens with zero attached hydrogens (tertiary/aromatic N) is 1. The van der Waals surface area contributed by atoms with Gasteiger partial charge in [0.1, 0.15) is 0 Å². The van der Waals surface area contributed by atoms with Gasteiger partial charge in [-0.2, -0.15) is 0 Å². The Kier molecular flexibility index (Phi) is 8.71. The Labute approximate surface area is 139 Å². The maximum Gasteiger partial charge on any atom is 0.193 e. The predicted molar refractivity (Wildman–Crippen MR) is 95.7 cm³/mol. The van der Waals surface area contributed by atoms with E-state index in [2.05, 4.69) is 22.4 Å². The van der Waals surface area contributed by atoms with Crippen LogP contribution in [-0.2, 0) is 5.54 Å². The predicted octanol–water partition coefficient (Wildman–Crippen LogP) is 3.39. The Morgan fingerprint density at radius 1 is 1.24 bits per heavy atom. The van der Waals surface area contributed by atoms with E-state index in [1.807, 2.05) is 19.1 Å². The van der Waals surface area contributed by atoms with Crippen LogP contribution in [0.3, 0.4) is 0 Å². The van der Waals surface area contributed by atoms with Gasteiger partial charge in [0.2, 0.25) is 0 Å². The van der Waals surface area contributed by atoms with Gasteiger partial charge in [-0.05, 0) is 37.5 Å². The molecule has 21 heavy (non-hydrogen) atoms. The summed E-state index contributed by atoms with van der Waals surface area (Å²) in [5, 5.41) is 3.11. The molecule has 0 amide bonds. The van der Waals surface area contributed by atoms with Crippen molar-refractivity contribution < 1.29 is 0 Å². The topological polar surface area (TPSA) is 76.4 Å². The second-order valence-electron chi connectivity index (χ2n) is 5.28. The summed E-state index contributed by atoms with van der Waals surface area (Å²) in [6.07, 6.45) is 5.86. The van der Waals surface area contributed by atoms with Crippen molar-refractivity contribution in [3.63, 3.8) is 0 Å². The Hall–Kier alpha value is -0.970. The third kappa shape index (κ3) is 5.38. The summed E-state index contributed by atoms with van der Waals surface area (Å²) in [5.74, 6) is 0.453. The van der Waals surface area contributed by atoms with E-state index in [1.165, 1.54) is 24.8 Å². The fraction of sp³-hybridized carbons (Fsp3) is 0.533. The molecule has 5 N–H and O–H groups in total. The molecule has 0 aromatic heterocycles. The first-order valence-corrected chi connectivity index (χ1v) is 7.10. The standard InChI is InChI=1S/C15H24N4.2ClH/c1-2-18-14(16)19-13-8-6-7-12(11-13)15(17)9-4-3-5-10-15;;/h6-8,11H,2-5,9-10,17H2,1H3,(H3,16,18,19);2*1H. The van der Waals surface area contributed by atoms with Crippen LogP contribution in [0.25, 0.3) is 0 Å². The van der Waals surface area contributed by atoms with E-state index in [0.717, 1.165) is 18.5 Å². The van der Waals surface area contributed by atoms with E-state index in [9.17, 15) is 0 Å². The number of anilines is 1. The van der Waals surface area contributed by atoms with Crippen LogP contribution in [0.5, 0.6) is 0 Å². The number of aliphatic imine (C=N–C) groups is 1. The Morgan fingerprint density at radius 2 is 1.90 bits per heavy atom. The number of hydrogen-bond donors (Lipinski definition) is 3. The summed E-state index contributed by atoms with van der Waals surface area (Å²) in [6, 6.07) is 8.24. The van der Waals surface area contributed by atoms with E-state index >= 15 is 0 Å². The Bertz CT molecular complexity index is 457. The van der Waals surface area contributed by atoms with E-state index in [-0.39, 0.29) is 30.4 Å². The van der Waals surface area contributed by atoms with Crippen LogP contribution in [0.4, 0.5) is 5.69 Å². The van der Waals surface area contributed by atoms with Crippen molar-refractivity contribution in [2.24, 2.45) is 16.5 Å². The number of rotatable bonds is 3. The molecule has 1 aliphatic rings. The maximum absolute atomic E-state index is 6.55. The van der Waals surface area contributed by atoms with Gasteiger partial charge in [0.25, 0.3) is 0 Å². The lowest BCUT2D eigenvalue weighted by atomic mass is 9.77. The van der Waals surface area contributed by atoms with Crippen LogP contribution < -0.4 is 16.8 Å². The van der Waals surface area contributed by atoms with E-state index in [4.69, 9.17) is 11.5 Å². The second kappa shape index (κ2) is 9.13. The summed E-state index contributed by atoms with van der Waals surface area (Å²) in [6.45, 7) is 2.64. The molecule has 1 aromatic rings.